The van der Waals surface area contributed by atoms with Crippen LogP contribution < -0.4 is 10.6 Å². The first-order chi connectivity index (χ1) is 12.6. The molecule has 2 aliphatic rings. The van der Waals surface area contributed by atoms with Gasteiger partial charge >= 0.3 is 0 Å². The molecule has 0 radical (unpaired) electrons. The number of halogens is 1. The van der Waals surface area contributed by atoms with E-state index in [0.717, 1.165) is 44.1 Å². The summed E-state index contributed by atoms with van der Waals surface area (Å²) in [5, 5.41) is 6.80. The summed E-state index contributed by atoms with van der Waals surface area (Å²) in [6, 6.07) is 5.34. The zero-order valence-corrected chi connectivity index (χ0v) is 16.0. The fraction of sp³-hybridized carbons (Fsp3) is 0.650. The van der Waals surface area contributed by atoms with Crippen molar-refractivity contribution in [2.45, 2.75) is 44.7 Å². The molecule has 3 rings (SSSR count). The predicted molar refractivity (Wildman–Crippen MR) is 103 cm³/mol. The van der Waals surface area contributed by atoms with Gasteiger partial charge in [-0.15, -0.1) is 0 Å². The molecule has 2 heterocycles. The Morgan fingerprint density at radius 2 is 1.96 bits per heavy atom. The lowest BCUT2D eigenvalue weighted by molar-refractivity contribution is -0.0164. The van der Waals surface area contributed by atoms with Gasteiger partial charge in [0.05, 0.1) is 0 Å². The predicted octanol–water partition coefficient (Wildman–Crippen LogP) is 2.44. The Hall–Kier alpha value is -1.66. The summed E-state index contributed by atoms with van der Waals surface area (Å²) in [5.74, 6) is 0.596. The van der Waals surface area contributed by atoms with E-state index in [2.05, 4.69) is 20.5 Å². The van der Waals surface area contributed by atoms with Crippen molar-refractivity contribution in [2.75, 3.05) is 39.9 Å². The van der Waals surface area contributed by atoms with Gasteiger partial charge < -0.3 is 15.4 Å². The Bertz CT molecular complexity index is 622. The monoisotopic (exact) mass is 362 g/mol. The van der Waals surface area contributed by atoms with Crippen molar-refractivity contribution in [3.05, 3.63) is 35.1 Å². The van der Waals surface area contributed by atoms with E-state index >= 15 is 0 Å². The Morgan fingerprint density at radius 3 is 2.62 bits per heavy atom. The van der Waals surface area contributed by atoms with Crippen LogP contribution in [0.4, 0.5) is 4.39 Å². The molecule has 0 aromatic heterocycles. The summed E-state index contributed by atoms with van der Waals surface area (Å²) in [7, 11) is 1.78. The number of guanidine groups is 1. The van der Waals surface area contributed by atoms with Gasteiger partial charge in [0.1, 0.15) is 5.82 Å². The summed E-state index contributed by atoms with van der Waals surface area (Å²) < 4.78 is 19.3. The van der Waals surface area contributed by atoms with Crippen LogP contribution in [-0.2, 0) is 11.3 Å². The topological polar surface area (TPSA) is 48.9 Å². The third-order valence-corrected chi connectivity index (χ3v) is 5.71. The highest BCUT2D eigenvalue weighted by Crippen LogP contribution is 2.30. The van der Waals surface area contributed by atoms with Gasteiger partial charge in [-0.3, -0.25) is 9.89 Å². The first-order valence-electron chi connectivity index (χ1n) is 9.65. The molecule has 0 spiro atoms. The molecular weight excluding hydrogens is 331 g/mol. The van der Waals surface area contributed by atoms with E-state index in [0.29, 0.717) is 12.1 Å². The number of hydrogen-bond acceptors (Lipinski definition) is 3. The maximum Gasteiger partial charge on any atom is 0.191 e. The highest BCUT2D eigenvalue weighted by Gasteiger charge is 2.39. The van der Waals surface area contributed by atoms with Gasteiger partial charge in [0, 0.05) is 38.9 Å². The molecule has 0 saturated carbocycles. The number of likely N-dealkylation sites (tertiary alicyclic amines) is 1. The number of aryl methyl sites for hydroxylation is 1. The van der Waals surface area contributed by atoms with E-state index in [1.165, 1.54) is 25.9 Å². The van der Waals surface area contributed by atoms with Gasteiger partial charge in [0.15, 0.2) is 5.96 Å². The molecule has 1 aromatic rings. The van der Waals surface area contributed by atoms with Gasteiger partial charge in [0.25, 0.3) is 0 Å². The van der Waals surface area contributed by atoms with Gasteiger partial charge in [0.2, 0.25) is 0 Å². The fourth-order valence-corrected chi connectivity index (χ4v) is 3.95. The van der Waals surface area contributed by atoms with Crippen molar-refractivity contribution in [3.63, 3.8) is 0 Å². The summed E-state index contributed by atoms with van der Waals surface area (Å²) in [4.78, 5) is 6.97. The van der Waals surface area contributed by atoms with Crippen LogP contribution in [-0.4, -0.2) is 56.3 Å². The molecule has 2 fully saturated rings. The molecule has 2 aliphatic heterocycles. The van der Waals surface area contributed by atoms with Crippen LogP contribution in [0.25, 0.3) is 0 Å². The average Bonchev–Trinajstić information content (AvgIpc) is 3.21. The lowest BCUT2D eigenvalue weighted by Crippen LogP contribution is -2.58. The molecule has 5 nitrogen and oxygen atoms in total. The van der Waals surface area contributed by atoms with Gasteiger partial charge in [-0.25, -0.2) is 4.39 Å². The summed E-state index contributed by atoms with van der Waals surface area (Å²) in [6.45, 7) is 7.19. The molecule has 144 valence electrons. The third-order valence-electron chi connectivity index (χ3n) is 5.71. The lowest BCUT2D eigenvalue weighted by atomic mass is 9.88. The van der Waals surface area contributed by atoms with E-state index in [9.17, 15) is 4.39 Å². The molecule has 26 heavy (non-hydrogen) atoms. The van der Waals surface area contributed by atoms with Crippen molar-refractivity contribution in [3.8, 4) is 0 Å². The number of aliphatic imine (C=N–C) groups is 1. The molecule has 2 saturated heterocycles. The Labute approximate surface area is 156 Å². The van der Waals surface area contributed by atoms with Crippen molar-refractivity contribution in [2.24, 2.45) is 4.99 Å². The molecule has 2 N–H and O–H groups in total. The molecule has 0 bridgehead atoms. The van der Waals surface area contributed by atoms with Crippen molar-refractivity contribution in [1.82, 2.24) is 15.5 Å². The van der Waals surface area contributed by atoms with Crippen LogP contribution in [0.3, 0.4) is 0 Å². The summed E-state index contributed by atoms with van der Waals surface area (Å²) >= 11 is 0. The van der Waals surface area contributed by atoms with Crippen LogP contribution in [0, 0.1) is 12.7 Å². The molecule has 1 aromatic carbocycles. The minimum absolute atomic E-state index is 0.155. The molecule has 0 amide bonds. The Balaban J connectivity index is 1.57. The lowest BCUT2D eigenvalue weighted by Gasteiger charge is -2.45. The minimum atomic E-state index is -0.164. The third kappa shape index (κ3) is 4.54. The normalized spacial score (nSPS) is 21.0. The van der Waals surface area contributed by atoms with Crippen LogP contribution >= 0.6 is 0 Å². The quantitative estimate of drug-likeness (QED) is 0.624. The molecule has 0 aliphatic carbocycles. The van der Waals surface area contributed by atoms with Crippen molar-refractivity contribution >= 4 is 5.96 Å². The SMILES string of the molecule is CN=C(NCc1ccc(C)c(F)c1)NCC1(N2CCCC2)CCOCC1. The minimum Gasteiger partial charge on any atom is -0.381 e. The fourth-order valence-electron chi connectivity index (χ4n) is 3.95. The zero-order chi connectivity index (χ0) is 18.4. The second-order valence-electron chi connectivity index (χ2n) is 7.39. The highest BCUT2D eigenvalue weighted by atomic mass is 19.1. The zero-order valence-electron chi connectivity index (χ0n) is 16.0. The highest BCUT2D eigenvalue weighted by molar-refractivity contribution is 5.79. The number of benzene rings is 1. The van der Waals surface area contributed by atoms with Crippen LogP contribution in [0.2, 0.25) is 0 Å². The van der Waals surface area contributed by atoms with E-state index in [-0.39, 0.29) is 11.4 Å². The largest absolute Gasteiger partial charge is 0.381 e. The van der Waals surface area contributed by atoms with E-state index in [1.54, 1.807) is 20.0 Å². The van der Waals surface area contributed by atoms with E-state index < -0.39 is 0 Å². The molecule has 0 atom stereocenters. The van der Waals surface area contributed by atoms with E-state index in [4.69, 9.17) is 4.74 Å². The maximum absolute atomic E-state index is 13.7. The molecule has 0 unspecified atom stereocenters. The van der Waals surface area contributed by atoms with Crippen LogP contribution in [0.1, 0.15) is 36.8 Å². The summed E-state index contributed by atoms with van der Waals surface area (Å²) in [5.41, 5.74) is 1.74. The van der Waals surface area contributed by atoms with E-state index in [1.807, 2.05) is 12.1 Å². The number of nitrogens with zero attached hydrogens (tertiary/aromatic N) is 2. The average molecular weight is 362 g/mol. The smallest absolute Gasteiger partial charge is 0.191 e. The molecule has 6 heteroatoms. The number of rotatable bonds is 5. The number of hydrogen-bond donors (Lipinski definition) is 2. The van der Waals surface area contributed by atoms with Crippen molar-refractivity contribution < 1.29 is 9.13 Å². The Morgan fingerprint density at radius 1 is 1.23 bits per heavy atom. The molecular formula is C20H31FN4O. The van der Waals surface area contributed by atoms with Crippen LogP contribution in [0.15, 0.2) is 23.2 Å². The summed E-state index contributed by atoms with van der Waals surface area (Å²) in [6.07, 6.45) is 4.68. The number of nitrogens with one attached hydrogen (secondary N) is 2. The maximum atomic E-state index is 13.7. The van der Waals surface area contributed by atoms with Gasteiger partial charge in [-0.1, -0.05) is 12.1 Å². The van der Waals surface area contributed by atoms with Gasteiger partial charge in [-0.05, 0) is 62.9 Å². The second-order valence-corrected chi connectivity index (χ2v) is 7.39. The second kappa shape index (κ2) is 8.82. The van der Waals surface area contributed by atoms with Crippen LogP contribution in [0.5, 0.6) is 0 Å². The van der Waals surface area contributed by atoms with Gasteiger partial charge in [-0.2, -0.15) is 0 Å². The standard InChI is InChI=1S/C20H31FN4O/c1-16-5-6-17(13-18(16)21)14-23-19(22-2)24-15-20(7-11-26-12-8-20)25-9-3-4-10-25/h5-6,13H,3-4,7-12,14-15H2,1-2H3,(H2,22,23,24). The van der Waals surface area contributed by atoms with Crippen molar-refractivity contribution in [1.29, 1.82) is 0 Å². The Kier molecular flexibility index (Phi) is 6.48. The first-order valence-corrected chi connectivity index (χ1v) is 9.65. The first kappa shape index (κ1) is 19.1. The number of ether oxygens (including phenoxy) is 1.